The Morgan fingerprint density at radius 2 is 1.90 bits per heavy atom. The van der Waals surface area contributed by atoms with Gasteiger partial charge in [-0.05, 0) is 20.3 Å². The number of hydrogen-bond acceptors (Lipinski definition) is 2. The minimum atomic E-state index is 0.662. The molecule has 0 bridgehead atoms. The molecule has 0 aromatic heterocycles. The highest BCUT2D eigenvalue weighted by Gasteiger charge is 1.93. The van der Waals surface area contributed by atoms with Gasteiger partial charge in [-0.2, -0.15) is 0 Å². The van der Waals surface area contributed by atoms with Crippen molar-refractivity contribution in [2.24, 2.45) is 5.73 Å². The summed E-state index contributed by atoms with van der Waals surface area (Å²) in [6.07, 6.45) is 1.000. The third-order valence-electron chi connectivity index (χ3n) is 1.72. The van der Waals surface area contributed by atoms with E-state index in [1.54, 1.807) is 7.11 Å². The lowest BCUT2D eigenvalue weighted by atomic mass is 10.1. The van der Waals surface area contributed by atoms with Crippen molar-refractivity contribution in [1.82, 2.24) is 0 Å². The second kappa shape index (κ2) is 5.45. The van der Waals surface area contributed by atoms with Gasteiger partial charge in [-0.1, -0.05) is 11.1 Å². The monoisotopic (exact) mass is 143 g/mol. The molecule has 0 spiro atoms. The highest BCUT2D eigenvalue weighted by Crippen LogP contribution is 2.05. The van der Waals surface area contributed by atoms with E-state index in [0.29, 0.717) is 6.54 Å². The zero-order valence-electron chi connectivity index (χ0n) is 7.11. The van der Waals surface area contributed by atoms with Crippen molar-refractivity contribution >= 4 is 0 Å². The van der Waals surface area contributed by atoms with Gasteiger partial charge in [0.15, 0.2) is 0 Å². The number of rotatable bonds is 4. The fourth-order valence-corrected chi connectivity index (χ4v) is 0.643. The number of hydrogen-bond donors (Lipinski definition) is 1. The van der Waals surface area contributed by atoms with Crippen molar-refractivity contribution in [2.75, 3.05) is 20.3 Å². The zero-order valence-corrected chi connectivity index (χ0v) is 7.11. The predicted molar refractivity (Wildman–Crippen MR) is 43.9 cm³/mol. The van der Waals surface area contributed by atoms with Crippen LogP contribution in [0.15, 0.2) is 11.1 Å². The van der Waals surface area contributed by atoms with E-state index in [1.165, 1.54) is 11.1 Å². The van der Waals surface area contributed by atoms with Crippen LogP contribution in [0.5, 0.6) is 0 Å². The van der Waals surface area contributed by atoms with Gasteiger partial charge in [0.2, 0.25) is 0 Å². The predicted octanol–water partition coefficient (Wildman–Crippen LogP) is 1.32. The zero-order chi connectivity index (χ0) is 7.98. The van der Waals surface area contributed by atoms with Crippen LogP contribution >= 0.6 is 0 Å². The Morgan fingerprint density at radius 3 is 2.30 bits per heavy atom. The molecule has 0 fully saturated rings. The molecule has 0 saturated heterocycles. The Kier molecular flexibility index (Phi) is 5.26. The Morgan fingerprint density at radius 1 is 1.30 bits per heavy atom. The van der Waals surface area contributed by atoms with Crippen LogP contribution in [0.4, 0.5) is 0 Å². The van der Waals surface area contributed by atoms with E-state index >= 15 is 0 Å². The Bertz CT molecular complexity index is 118. The second-order valence-electron chi connectivity index (χ2n) is 2.51. The van der Waals surface area contributed by atoms with Gasteiger partial charge in [0.05, 0.1) is 0 Å². The van der Waals surface area contributed by atoms with Crippen LogP contribution in [0.2, 0.25) is 0 Å². The molecular weight excluding hydrogens is 126 g/mol. The van der Waals surface area contributed by atoms with Crippen LogP contribution in [-0.2, 0) is 4.74 Å². The summed E-state index contributed by atoms with van der Waals surface area (Å²) in [5.74, 6) is 0. The minimum absolute atomic E-state index is 0.662. The maximum absolute atomic E-state index is 5.45. The second-order valence-corrected chi connectivity index (χ2v) is 2.51. The van der Waals surface area contributed by atoms with Crippen molar-refractivity contribution in [3.63, 3.8) is 0 Å². The maximum atomic E-state index is 5.45. The molecule has 0 aromatic carbocycles. The standard InChI is InChI=1S/C8H17NO/c1-7(4-5-10-3)8(2)6-9/h4-6,9H2,1-3H3. The van der Waals surface area contributed by atoms with Crippen LogP contribution < -0.4 is 5.73 Å². The van der Waals surface area contributed by atoms with Crippen molar-refractivity contribution in [3.05, 3.63) is 11.1 Å². The molecule has 60 valence electrons. The highest BCUT2D eigenvalue weighted by atomic mass is 16.5. The maximum Gasteiger partial charge on any atom is 0.0499 e. The minimum Gasteiger partial charge on any atom is -0.384 e. The van der Waals surface area contributed by atoms with E-state index < -0.39 is 0 Å². The van der Waals surface area contributed by atoms with Gasteiger partial charge in [-0.25, -0.2) is 0 Å². The lowest BCUT2D eigenvalue weighted by Crippen LogP contribution is -2.03. The number of ether oxygens (including phenoxy) is 1. The molecule has 2 heteroatoms. The van der Waals surface area contributed by atoms with Crippen LogP contribution in [0.25, 0.3) is 0 Å². The molecule has 0 saturated carbocycles. The smallest absolute Gasteiger partial charge is 0.0499 e. The van der Waals surface area contributed by atoms with Crippen molar-refractivity contribution < 1.29 is 4.74 Å². The van der Waals surface area contributed by atoms with Crippen LogP contribution in [0.1, 0.15) is 20.3 Å². The van der Waals surface area contributed by atoms with Crippen molar-refractivity contribution in [3.8, 4) is 0 Å². The average Bonchev–Trinajstić information content (AvgIpc) is 1.98. The van der Waals surface area contributed by atoms with Crippen molar-refractivity contribution in [2.45, 2.75) is 20.3 Å². The third kappa shape index (κ3) is 3.64. The van der Waals surface area contributed by atoms with E-state index in [1.807, 2.05) is 0 Å². The summed E-state index contributed by atoms with van der Waals surface area (Å²) in [4.78, 5) is 0. The summed E-state index contributed by atoms with van der Waals surface area (Å²) in [5, 5.41) is 0. The fraction of sp³-hybridized carbons (Fsp3) is 0.750. The van der Waals surface area contributed by atoms with Crippen LogP contribution in [0.3, 0.4) is 0 Å². The number of nitrogens with two attached hydrogens (primary N) is 1. The lowest BCUT2D eigenvalue weighted by Gasteiger charge is -2.03. The third-order valence-corrected chi connectivity index (χ3v) is 1.72. The quantitative estimate of drug-likeness (QED) is 0.602. The molecule has 0 unspecified atom stereocenters. The summed E-state index contributed by atoms with van der Waals surface area (Å²) in [7, 11) is 1.71. The molecular formula is C8H17NO. The SMILES string of the molecule is COCCC(C)=C(C)CN. The molecule has 2 nitrogen and oxygen atoms in total. The molecule has 0 radical (unpaired) electrons. The molecule has 0 amide bonds. The van der Waals surface area contributed by atoms with Gasteiger partial charge in [-0.3, -0.25) is 0 Å². The van der Waals surface area contributed by atoms with Crippen molar-refractivity contribution in [1.29, 1.82) is 0 Å². The summed E-state index contributed by atoms with van der Waals surface area (Å²) in [5.41, 5.74) is 8.07. The summed E-state index contributed by atoms with van der Waals surface area (Å²) < 4.78 is 4.93. The highest BCUT2D eigenvalue weighted by molar-refractivity contribution is 5.10. The van der Waals surface area contributed by atoms with Gasteiger partial charge in [0.25, 0.3) is 0 Å². The van der Waals surface area contributed by atoms with E-state index in [-0.39, 0.29) is 0 Å². The van der Waals surface area contributed by atoms with Gasteiger partial charge in [0, 0.05) is 20.3 Å². The topological polar surface area (TPSA) is 35.2 Å². The molecule has 0 atom stereocenters. The van der Waals surface area contributed by atoms with Crippen LogP contribution in [0, 0.1) is 0 Å². The largest absolute Gasteiger partial charge is 0.384 e. The van der Waals surface area contributed by atoms with Crippen LogP contribution in [-0.4, -0.2) is 20.3 Å². The first-order chi connectivity index (χ1) is 4.72. The average molecular weight is 143 g/mol. The molecule has 10 heavy (non-hydrogen) atoms. The normalized spacial score (nSPS) is 13.2. The van der Waals surface area contributed by atoms with E-state index in [4.69, 9.17) is 10.5 Å². The Labute approximate surface area is 63.1 Å². The molecule has 0 aliphatic rings. The molecule has 0 aliphatic carbocycles. The molecule has 0 aliphatic heterocycles. The van der Waals surface area contributed by atoms with E-state index in [9.17, 15) is 0 Å². The fourth-order valence-electron chi connectivity index (χ4n) is 0.643. The first-order valence-electron chi connectivity index (χ1n) is 3.56. The van der Waals surface area contributed by atoms with Gasteiger partial charge < -0.3 is 10.5 Å². The number of methoxy groups -OCH3 is 1. The van der Waals surface area contributed by atoms with Gasteiger partial charge >= 0.3 is 0 Å². The Hall–Kier alpha value is -0.340. The van der Waals surface area contributed by atoms with Gasteiger partial charge in [-0.15, -0.1) is 0 Å². The van der Waals surface area contributed by atoms with E-state index in [2.05, 4.69) is 13.8 Å². The first kappa shape index (κ1) is 9.66. The summed E-state index contributed by atoms with van der Waals surface area (Å²) in [6.45, 7) is 5.62. The van der Waals surface area contributed by atoms with Gasteiger partial charge in [0.1, 0.15) is 0 Å². The molecule has 2 N–H and O–H groups in total. The first-order valence-corrected chi connectivity index (χ1v) is 3.56. The lowest BCUT2D eigenvalue weighted by molar-refractivity contribution is 0.202. The van der Waals surface area contributed by atoms with E-state index in [0.717, 1.165) is 13.0 Å². The summed E-state index contributed by atoms with van der Waals surface area (Å²) >= 11 is 0. The molecule has 0 aromatic rings. The summed E-state index contributed by atoms with van der Waals surface area (Å²) in [6, 6.07) is 0. The Balaban J connectivity index is 3.68. The molecule has 0 rings (SSSR count). The molecule has 0 heterocycles.